The largest absolute Gasteiger partial charge is 0.215 e. The quantitative estimate of drug-likeness (QED) is 0.610. The molecule has 1 heteroatoms. The van der Waals surface area contributed by atoms with E-state index in [1.54, 1.807) is 0 Å². The summed E-state index contributed by atoms with van der Waals surface area (Å²) in [4.78, 5) is 3.35. The Morgan fingerprint density at radius 3 is 2.69 bits per heavy atom. The molecule has 0 spiro atoms. The fourth-order valence-corrected chi connectivity index (χ4v) is 1.83. The van der Waals surface area contributed by atoms with Gasteiger partial charge in [-0.3, -0.25) is 0 Å². The van der Waals surface area contributed by atoms with Gasteiger partial charge in [-0.2, -0.15) is 0 Å². The first-order chi connectivity index (χ1) is 6.09. The van der Waals surface area contributed by atoms with Gasteiger partial charge in [-0.15, -0.1) is 0 Å². The van der Waals surface area contributed by atoms with Crippen LogP contribution in [0.5, 0.6) is 0 Å². The van der Waals surface area contributed by atoms with Gasteiger partial charge in [0, 0.05) is 11.1 Å². The van der Waals surface area contributed by atoms with Gasteiger partial charge in [0.15, 0.2) is 0 Å². The van der Waals surface area contributed by atoms with E-state index in [0.29, 0.717) is 0 Å². The highest BCUT2D eigenvalue weighted by molar-refractivity contribution is 5.67. The second kappa shape index (κ2) is 2.69. The standard InChI is InChI=1S/C12H15N/c1-12(2,3)10-6-4-5-9-7-8-13-11(9)10/h4-6,8H,7H2,1-3H3/p+1. The molecule has 0 saturated carbocycles. The highest BCUT2D eigenvalue weighted by atomic mass is 14.8. The van der Waals surface area contributed by atoms with Crippen LogP contribution in [0.2, 0.25) is 0 Å². The van der Waals surface area contributed by atoms with E-state index in [2.05, 4.69) is 50.2 Å². The molecule has 2 rings (SSSR count). The summed E-state index contributed by atoms with van der Waals surface area (Å²) in [5, 5.41) is 0. The first-order valence-corrected chi connectivity index (χ1v) is 4.79. The Morgan fingerprint density at radius 1 is 1.23 bits per heavy atom. The molecule has 0 aliphatic carbocycles. The Labute approximate surface area is 79.5 Å². The molecule has 13 heavy (non-hydrogen) atoms. The Kier molecular flexibility index (Phi) is 1.76. The van der Waals surface area contributed by atoms with Gasteiger partial charge in [0.2, 0.25) is 5.69 Å². The van der Waals surface area contributed by atoms with Crippen molar-refractivity contribution in [3.63, 3.8) is 0 Å². The van der Waals surface area contributed by atoms with Crippen molar-refractivity contribution >= 4 is 11.9 Å². The Morgan fingerprint density at radius 2 is 2.00 bits per heavy atom. The van der Waals surface area contributed by atoms with Crippen molar-refractivity contribution in [3.8, 4) is 0 Å². The number of rotatable bonds is 0. The van der Waals surface area contributed by atoms with E-state index in [0.717, 1.165) is 6.42 Å². The third-order valence-electron chi connectivity index (χ3n) is 2.53. The summed E-state index contributed by atoms with van der Waals surface area (Å²) in [7, 11) is 0. The molecule has 1 heterocycles. The first kappa shape index (κ1) is 8.49. The monoisotopic (exact) mass is 174 g/mol. The molecule has 1 aromatic rings. The Hall–Kier alpha value is -1.11. The van der Waals surface area contributed by atoms with Crippen LogP contribution in [0.1, 0.15) is 31.9 Å². The van der Waals surface area contributed by atoms with E-state index >= 15 is 0 Å². The number of hydrogen-bond donors (Lipinski definition) is 1. The van der Waals surface area contributed by atoms with E-state index in [1.165, 1.54) is 16.8 Å². The van der Waals surface area contributed by atoms with Gasteiger partial charge in [-0.1, -0.05) is 39.0 Å². The highest BCUT2D eigenvalue weighted by Crippen LogP contribution is 2.29. The minimum Gasteiger partial charge on any atom is -0.215 e. The van der Waals surface area contributed by atoms with E-state index in [4.69, 9.17) is 0 Å². The van der Waals surface area contributed by atoms with Gasteiger partial charge < -0.3 is 0 Å². The van der Waals surface area contributed by atoms with Gasteiger partial charge in [0.1, 0.15) is 6.21 Å². The third kappa shape index (κ3) is 1.39. The molecule has 0 fully saturated rings. The average Bonchev–Trinajstić information content (AvgIpc) is 2.48. The second-order valence-electron chi connectivity index (χ2n) is 4.64. The molecule has 0 aromatic heterocycles. The average molecular weight is 174 g/mol. The second-order valence-corrected chi connectivity index (χ2v) is 4.64. The molecule has 1 aliphatic rings. The molecular weight excluding hydrogens is 158 g/mol. The molecule has 68 valence electrons. The van der Waals surface area contributed by atoms with E-state index in [-0.39, 0.29) is 5.41 Å². The van der Waals surface area contributed by atoms with Gasteiger partial charge in [0.05, 0.1) is 6.42 Å². The number of benzene rings is 1. The van der Waals surface area contributed by atoms with Crippen molar-refractivity contribution in [1.29, 1.82) is 0 Å². The van der Waals surface area contributed by atoms with Crippen LogP contribution >= 0.6 is 0 Å². The molecule has 0 unspecified atom stereocenters. The van der Waals surface area contributed by atoms with Crippen molar-refractivity contribution in [2.45, 2.75) is 32.6 Å². The smallest absolute Gasteiger partial charge is 0.210 e. The molecule has 1 N–H and O–H groups in total. The number of fused-ring (bicyclic) bond motifs is 1. The van der Waals surface area contributed by atoms with Crippen LogP contribution in [0.4, 0.5) is 5.69 Å². The van der Waals surface area contributed by atoms with Gasteiger partial charge >= 0.3 is 0 Å². The fraction of sp³-hybridized carbons (Fsp3) is 0.417. The lowest BCUT2D eigenvalue weighted by Gasteiger charge is -2.18. The summed E-state index contributed by atoms with van der Waals surface area (Å²) < 4.78 is 0. The predicted molar refractivity (Wildman–Crippen MR) is 55.5 cm³/mol. The number of para-hydroxylation sites is 1. The van der Waals surface area contributed by atoms with Crippen molar-refractivity contribution in [1.82, 2.24) is 0 Å². The predicted octanol–water partition coefficient (Wildman–Crippen LogP) is 1.32. The van der Waals surface area contributed by atoms with E-state index in [1.807, 2.05) is 0 Å². The first-order valence-electron chi connectivity index (χ1n) is 4.79. The van der Waals surface area contributed by atoms with Crippen molar-refractivity contribution in [2.24, 2.45) is 0 Å². The van der Waals surface area contributed by atoms with E-state index < -0.39 is 0 Å². The SMILES string of the molecule is CC(C)(C)c1cccc2c1[NH+]=CC2. The molecular formula is C12H16N+. The molecule has 0 bridgehead atoms. The third-order valence-corrected chi connectivity index (χ3v) is 2.53. The van der Waals surface area contributed by atoms with Crippen LogP contribution in [-0.4, -0.2) is 6.21 Å². The van der Waals surface area contributed by atoms with Crippen LogP contribution < -0.4 is 4.99 Å². The zero-order chi connectivity index (χ0) is 9.47. The summed E-state index contributed by atoms with van der Waals surface area (Å²) in [6, 6.07) is 6.56. The van der Waals surface area contributed by atoms with Crippen molar-refractivity contribution in [2.75, 3.05) is 0 Å². The molecule has 1 nitrogen and oxygen atoms in total. The fourth-order valence-electron chi connectivity index (χ4n) is 1.83. The maximum atomic E-state index is 3.35. The lowest BCUT2D eigenvalue weighted by Crippen LogP contribution is -2.60. The van der Waals surface area contributed by atoms with Crippen LogP contribution in [0.15, 0.2) is 18.2 Å². The summed E-state index contributed by atoms with van der Waals surface area (Å²) in [6.45, 7) is 6.76. The molecule has 0 atom stereocenters. The summed E-state index contributed by atoms with van der Waals surface area (Å²) in [5.74, 6) is 0. The Balaban J connectivity index is 2.59. The Bertz CT molecular complexity index is 356. The molecule has 0 saturated heterocycles. The van der Waals surface area contributed by atoms with Crippen molar-refractivity contribution in [3.05, 3.63) is 29.3 Å². The zero-order valence-corrected chi connectivity index (χ0v) is 8.52. The lowest BCUT2D eigenvalue weighted by atomic mass is 9.85. The minimum atomic E-state index is 0.233. The van der Waals surface area contributed by atoms with Crippen LogP contribution in [0, 0.1) is 0 Å². The van der Waals surface area contributed by atoms with Gasteiger partial charge in [0.25, 0.3) is 0 Å². The number of nitrogens with one attached hydrogen (secondary N) is 1. The zero-order valence-electron chi connectivity index (χ0n) is 8.52. The number of hydrogen-bond acceptors (Lipinski definition) is 0. The van der Waals surface area contributed by atoms with Gasteiger partial charge in [-0.05, 0) is 5.41 Å². The molecule has 0 radical (unpaired) electrons. The normalized spacial score (nSPS) is 14.7. The molecule has 1 aliphatic heterocycles. The van der Waals surface area contributed by atoms with Crippen LogP contribution in [0.25, 0.3) is 0 Å². The van der Waals surface area contributed by atoms with Crippen LogP contribution in [-0.2, 0) is 11.8 Å². The maximum Gasteiger partial charge on any atom is 0.210 e. The molecule has 0 amide bonds. The maximum absolute atomic E-state index is 3.35. The summed E-state index contributed by atoms with van der Waals surface area (Å²) in [5.41, 5.74) is 4.40. The van der Waals surface area contributed by atoms with Gasteiger partial charge in [-0.25, -0.2) is 4.99 Å². The van der Waals surface area contributed by atoms with Crippen molar-refractivity contribution < 1.29 is 4.99 Å². The van der Waals surface area contributed by atoms with Crippen LogP contribution in [0.3, 0.4) is 0 Å². The lowest BCUT2D eigenvalue weighted by molar-refractivity contribution is -0.345. The summed E-state index contributed by atoms with van der Waals surface area (Å²) in [6.07, 6.45) is 3.18. The summed E-state index contributed by atoms with van der Waals surface area (Å²) >= 11 is 0. The topological polar surface area (TPSA) is 14.0 Å². The molecule has 1 aromatic carbocycles. The highest BCUT2D eigenvalue weighted by Gasteiger charge is 2.25. The van der Waals surface area contributed by atoms with E-state index in [9.17, 15) is 0 Å². The minimum absolute atomic E-state index is 0.233.